The van der Waals surface area contributed by atoms with Crippen LogP contribution in [0, 0.1) is 0 Å². The molecule has 1 amide bonds. The van der Waals surface area contributed by atoms with E-state index in [0.29, 0.717) is 6.07 Å². The van der Waals surface area contributed by atoms with Gasteiger partial charge in [-0.3, -0.25) is 10.2 Å². The van der Waals surface area contributed by atoms with Crippen molar-refractivity contribution in [1.29, 1.82) is 0 Å². The SMILES string of the molecule is NNC(=O)c1ccc(OCc2ccccc2)c(C(F)(F)F)c1. The van der Waals surface area contributed by atoms with Gasteiger partial charge in [-0.05, 0) is 23.8 Å². The van der Waals surface area contributed by atoms with Gasteiger partial charge in [-0.15, -0.1) is 0 Å². The van der Waals surface area contributed by atoms with Crippen LogP contribution in [0.3, 0.4) is 0 Å². The molecule has 0 atom stereocenters. The van der Waals surface area contributed by atoms with Crippen molar-refractivity contribution in [2.24, 2.45) is 5.84 Å². The van der Waals surface area contributed by atoms with Crippen molar-refractivity contribution in [2.45, 2.75) is 12.8 Å². The number of nitrogen functional groups attached to an aromatic ring is 1. The van der Waals surface area contributed by atoms with E-state index in [4.69, 9.17) is 10.6 Å². The van der Waals surface area contributed by atoms with Crippen LogP contribution in [-0.2, 0) is 12.8 Å². The van der Waals surface area contributed by atoms with Gasteiger partial charge in [0.05, 0.1) is 5.56 Å². The first-order valence-corrected chi connectivity index (χ1v) is 6.30. The summed E-state index contributed by atoms with van der Waals surface area (Å²) >= 11 is 0. The number of rotatable bonds is 4. The highest BCUT2D eigenvalue weighted by Crippen LogP contribution is 2.37. The monoisotopic (exact) mass is 310 g/mol. The van der Waals surface area contributed by atoms with Crippen LogP contribution >= 0.6 is 0 Å². The number of carbonyl (C=O) groups excluding carboxylic acids is 1. The average Bonchev–Trinajstić information content (AvgIpc) is 2.52. The molecule has 2 aromatic carbocycles. The average molecular weight is 310 g/mol. The first-order valence-electron chi connectivity index (χ1n) is 6.30. The minimum absolute atomic E-state index is 0.00759. The number of amides is 1. The molecule has 0 unspecified atom stereocenters. The van der Waals surface area contributed by atoms with Crippen molar-refractivity contribution >= 4 is 5.91 Å². The van der Waals surface area contributed by atoms with Gasteiger partial charge in [0.1, 0.15) is 12.4 Å². The third kappa shape index (κ3) is 3.76. The van der Waals surface area contributed by atoms with Gasteiger partial charge < -0.3 is 4.74 Å². The first-order chi connectivity index (χ1) is 10.4. The zero-order valence-corrected chi connectivity index (χ0v) is 11.4. The Hall–Kier alpha value is -2.54. The highest BCUT2D eigenvalue weighted by atomic mass is 19.4. The maximum atomic E-state index is 13.1. The van der Waals surface area contributed by atoms with Gasteiger partial charge in [-0.1, -0.05) is 30.3 Å². The van der Waals surface area contributed by atoms with Gasteiger partial charge >= 0.3 is 6.18 Å². The van der Waals surface area contributed by atoms with Crippen molar-refractivity contribution < 1.29 is 22.7 Å². The molecule has 2 rings (SSSR count). The van der Waals surface area contributed by atoms with Crippen LogP contribution in [0.25, 0.3) is 0 Å². The van der Waals surface area contributed by atoms with E-state index < -0.39 is 17.6 Å². The second kappa shape index (κ2) is 6.48. The summed E-state index contributed by atoms with van der Waals surface area (Å²) < 4.78 is 44.5. The zero-order chi connectivity index (χ0) is 16.2. The molecule has 0 radical (unpaired) electrons. The molecule has 0 aromatic heterocycles. The Balaban J connectivity index is 2.28. The summed E-state index contributed by atoms with van der Waals surface area (Å²) in [6, 6.07) is 11.8. The van der Waals surface area contributed by atoms with Crippen molar-refractivity contribution in [1.82, 2.24) is 5.43 Å². The third-order valence-electron chi connectivity index (χ3n) is 2.92. The minimum Gasteiger partial charge on any atom is -0.488 e. The maximum Gasteiger partial charge on any atom is 0.419 e. The molecule has 2 aromatic rings. The molecule has 0 saturated carbocycles. The number of hydrogen-bond donors (Lipinski definition) is 2. The van der Waals surface area contributed by atoms with E-state index in [2.05, 4.69) is 0 Å². The number of nitrogens with one attached hydrogen (secondary N) is 1. The molecule has 116 valence electrons. The molecule has 3 N–H and O–H groups in total. The van der Waals surface area contributed by atoms with Crippen LogP contribution in [-0.4, -0.2) is 5.91 Å². The fourth-order valence-electron chi connectivity index (χ4n) is 1.84. The van der Waals surface area contributed by atoms with Crippen LogP contribution < -0.4 is 16.0 Å². The Bertz CT molecular complexity index is 658. The summed E-state index contributed by atoms with van der Waals surface area (Å²) in [5.74, 6) is 3.78. The molecule has 22 heavy (non-hydrogen) atoms. The number of ether oxygens (including phenoxy) is 1. The minimum atomic E-state index is -4.64. The highest BCUT2D eigenvalue weighted by molar-refractivity contribution is 5.94. The number of alkyl halides is 3. The third-order valence-corrected chi connectivity index (χ3v) is 2.92. The summed E-state index contributed by atoms with van der Waals surface area (Å²) in [6.07, 6.45) is -4.64. The molecule has 0 heterocycles. The number of halogens is 3. The Morgan fingerprint density at radius 3 is 2.41 bits per heavy atom. The topological polar surface area (TPSA) is 64.3 Å². The molecule has 0 fully saturated rings. The molecule has 0 aliphatic carbocycles. The molecule has 0 spiro atoms. The lowest BCUT2D eigenvalue weighted by Crippen LogP contribution is -2.30. The number of nitrogens with two attached hydrogens (primary N) is 1. The Morgan fingerprint density at radius 1 is 1.14 bits per heavy atom. The van der Waals surface area contributed by atoms with Crippen LogP contribution in [0.4, 0.5) is 13.2 Å². The van der Waals surface area contributed by atoms with Gasteiger partial charge in [0.2, 0.25) is 0 Å². The number of carbonyl (C=O) groups is 1. The number of hydrazine groups is 1. The number of benzene rings is 2. The van der Waals surface area contributed by atoms with Gasteiger partial charge in [-0.2, -0.15) is 13.2 Å². The highest BCUT2D eigenvalue weighted by Gasteiger charge is 2.35. The van der Waals surface area contributed by atoms with Crippen molar-refractivity contribution in [3.63, 3.8) is 0 Å². The fourth-order valence-corrected chi connectivity index (χ4v) is 1.84. The predicted molar refractivity (Wildman–Crippen MR) is 73.9 cm³/mol. The largest absolute Gasteiger partial charge is 0.488 e. The van der Waals surface area contributed by atoms with E-state index in [0.717, 1.165) is 11.6 Å². The van der Waals surface area contributed by atoms with Crippen LogP contribution in [0.15, 0.2) is 48.5 Å². The first kappa shape index (κ1) is 15.8. The summed E-state index contributed by atoms with van der Waals surface area (Å²) in [4.78, 5) is 11.3. The van der Waals surface area contributed by atoms with E-state index in [1.54, 1.807) is 35.8 Å². The van der Waals surface area contributed by atoms with E-state index in [1.807, 2.05) is 0 Å². The van der Waals surface area contributed by atoms with Crippen molar-refractivity contribution in [3.05, 3.63) is 65.2 Å². The molecule has 7 heteroatoms. The molecular weight excluding hydrogens is 297 g/mol. The summed E-state index contributed by atoms with van der Waals surface area (Å²) in [6.45, 7) is -0.00759. The fraction of sp³-hybridized carbons (Fsp3) is 0.133. The molecule has 0 aliphatic heterocycles. The van der Waals surface area contributed by atoms with Crippen LogP contribution in [0.5, 0.6) is 5.75 Å². The second-order valence-electron chi connectivity index (χ2n) is 4.46. The summed E-state index contributed by atoms with van der Waals surface area (Å²) in [5.41, 5.74) is 1.31. The zero-order valence-electron chi connectivity index (χ0n) is 11.4. The molecule has 4 nitrogen and oxygen atoms in total. The normalized spacial score (nSPS) is 11.1. The Labute approximate surface area is 124 Å². The van der Waals surface area contributed by atoms with Gasteiger partial charge in [0, 0.05) is 5.56 Å². The van der Waals surface area contributed by atoms with Crippen LogP contribution in [0.2, 0.25) is 0 Å². The molecule has 0 aliphatic rings. The van der Waals surface area contributed by atoms with Crippen LogP contribution in [0.1, 0.15) is 21.5 Å². The summed E-state index contributed by atoms with van der Waals surface area (Å²) in [5, 5.41) is 0. The lowest BCUT2D eigenvalue weighted by atomic mass is 10.1. The maximum absolute atomic E-state index is 13.1. The molecule has 0 saturated heterocycles. The standard InChI is InChI=1S/C15H13F3N2O2/c16-15(17,18)12-8-11(14(21)20-19)6-7-13(12)22-9-10-4-2-1-3-5-10/h1-8H,9,19H2,(H,20,21). The lowest BCUT2D eigenvalue weighted by Gasteiger charge is -2.15. The molecular formula is C15H13F3N2O2. The van der Waals surface area contributed by atoms with E-state index >= 15 is 0 Å². The molecule has 0 bridgehead atoms. The van der Waals surface area contributed by atoms with Crippen molar-refractivity contribution in [2.75, 3.05) is 0 Å². The smallest absolute Gasteiger partial charge is 0.419 e. The lowest BCUT2D eigenvalue weighted by molar-refractivity contribution is -0.139. The van der Waals surface area contributed by atoms with E-state index in [-0.39, 0.29) is 17.9 Å². The second-order valence-corrected chi connectivity index (χ2v) is 4.46. The summed E-state index contributed by atoms with van der Waals surface area (Å²) in [7, 11) is 0. The van der Waals surface area contributed by atoms with E-state index in [1.165, 1.54) is 6.07 Å². The number of hydrogen-bond acceptors (Lipinski definition) is 3. The quantitative estimate of drug-likeness (QED) is 0.518. The predicted octanol–water partition coefficient (Wildman–Crippen LogP) is 2.89. The van der Waals surface area contributed by atoms with E-state index in [9.17, 15) is 18.0 Å². The van der Waals surface area contributed by atoms with Gasteiger partial charge in [0.15, 0.2) is 0 Å². The Morgan fingerprint density at radius 2 is 1.82 bits per heavy atom. The Kier molecular flexibility index (Phi) is 4.67. The van der Waals surface area contributed by atoms with Crippen molar-refractivity contribution in [3.8, 4) is 5.75 Å². The van der Waals surface area contributed by atoms with Gasteiger partial charge in [0.25, 0.3) is 5.91 Å². The van der Waals surface area contributed by atoms with Gasteiger partial charge in [-0.25, -0.2) is 5.84 Å².